The van der Waals surface area contributed by atoms with Gasteiger partial charge in [-0.15, -0.1) is 0 Å². The third kappa shape index (κ3) is 2.46. The second-order valence-electron chi connectivity index (χ2n) is 4.12. The topological polar surface area (TPSA) is 35.2 Å². The van der Waals surface area contributed by atoms with Gasteiger partial charge in [-0.1, -0.05) is 6.07 Å². The zero-order chi connectivity index (χ0) is 14.9. The Bertz CT molecular complexity index is 602. The molecule has 0 aliphatic heterocycles. The molecule has 0 aromatic heterocycles. The minimum atomic E-state index is -1.60. The lowest BCUT2D eigenvalue weighted by molar-refractivity contribution is 0.404. The van der Waals surface area contributed by atoms with E-state index in [1.54, 1.807) is 0 Å². The maximum Gasteiger partial charge on any atom is 0.134 e. The number of hydrogen-bond acceptors (Lipinski definition) is 2. The lowest BCUT2D eigenvalue weighted by atomic mass is 9.97. The Balaban J connectivity index is 2.57. The van der Waals surface area contributed by atoms with E-state index < -0.39 is 40.4 Å². The lowest BCUT2D eigenvalue weighted by Gasteiger charge is -2.16. The summed E-state index contributed by atoms with van der Waals surface area (Å²) >= 11 is 0. The summed E-state index contributed by atoms with van der Waals surface area (Å²) in [5.41, 5.74) is 4.41. The molecular formula is C14H11F4NO. The fourth-order valence-electron chi connectivity index (χ4n) is 1.93. The van der Waals surface area contributed by atoms with Crippen LogP contribution in [-0.2, 0) is 0 Å². The number of halogens is 4. The van der Waals surface area contributed by atoms with E-state index in [4.69, 9.17) is 10.5 Å². The van der Waals surface area contributed by atoms with E-state index in [-0.39, 0.29) is 5.75 Å². The number of hydrogen-bond donors (Lipinski definition) is 1. The Morgan fingerprint density at radius 2 is 1.35 bits per heavy atom. The summed E-state index contributed by atoms with van der Waals surface area (Å²) in [5.74, 6) is -4.04. The number of benzene rings is 2. The van der Waals surface area contributed by atoms with Crippen molar-refractivity contribution >= 4 is 0 Å². The highest BCUT2D eigenvalue weighted by Crippen LogP contribution is 2.30. The quantitative estimate of drug-likeness (QED) is 0.878. The molecule has 0 fully saturated rings. The molecule has 0 aliphatic carbocycles. The Labute approximate surface area is 112 Å². The van der Waals surface area contributed by atoms with Gasteiger partial charge in [-0.05, 0) is 12.1 Å². The number of rotatable bonds is 3. The Kier molecular flexibility index (Phi) is 3.94. The summed E-state index contributed by atoms with van der Waals surface area (Å²) in [6.07, 6.45) is 0. The lowest BCUT2D eigenvalue weighted by Crippen LogP contribution is -2.19. The molecule has 2 aromatic rings. The van der Waals surface area contributed by atoms with Crippen LogP contribution in [0.1, 0.15) is 17.2 Å². The fourth-order valence-corrected chi connectivity index (χ4v) is 1.93. The predicted molar refractivity (Wildman–Crippen MR) is 65.3 cm³/mol. The first kappa shape index (κ1) is 14.3. The minimum Gasteiger partial charge on any atom is -0.497 e. The molecule has 2 aromatic carbocycles. The van der Waals surface area contributed by atoms with Crippen molar-refractivity contribution in [3.8, 4) is 5.75 Å². The zero-order valence-corrected chi connectivity index (χ0v) is 10.5. The van der Waals surface area contributed by atoms with Crippen LogP contribution in [0.5, 0.6) is 5.75 Å². The van der Waals surface area contributed by atoms with Gasteiger partial charge in [-0.3, -0.25) is 0 Å². The fraction of sp³-hybridized carbons (Fsp3) is 0.143. The van der Waals surface area contributed by atoms with E-state index in [0.29, 0.717) is 0 Å². The first-order valence-corrected chi connectivity index (χ1v) is 5.68. The van der Waals surface area contributed by atoms with Crippen molar-refractivity contribution in [2.24, 2.45) is 5.73 Å². The van der Waals surface area contributed by atoms with Gasteiger partial charge in [0.1, 0.15) is 29.0 Å². The van der Waals surface area contributed by atoms with Crippen LogP contribution in [0.25, 0.3) is 0 Å². The number of nitrogens with two attached hydrogens (primary N) is 1. The third-order valence-electron chi connectivity index (χ3n) is 2.91. The Hall–Kier alpha value is -2.08. The molecule has 0 saturated carbocycles. The molecule has 0 saturated heterocycles. The van der Waals surface area contributed by atoms with Crippen LogP contribution in [0.3, 0.4) is 0 Å². The van der Waals surface area contributed by atoms with E-state index in [2.05, 4.69) is 0 Å². The van der Waals surface area contributed by atoms with E-state index in [1.807, 2.05) is 0 Å². The maximum atomic E-state index is 13.9. The van der Waals surface area contributed by atoms with Gasteiger partial charge >= 0.3 is 0 Å². The van der Waals surface area contributed by atoms with E-state index in [1.165, 1.54) is 7.11 Å². The van der Waals surface area contributed by atoms with Crippen molar-refractivity contribution in [2.75, 3.05) is 7.11 Å². The van der Waals surface area contributed by atoms with Gasteiger partial charge in [-0.25, -0.2) is 17.6 Å². The molecule has 0 amide bonds. The van der Waals surface area contributed by atoms with Crippen LogP contribution < -0.4 is 10.5 Å². The van der Waals surface area contributed by atoms with Crippen LogP contribution in [0.4, 0.5) is 17.6 Å². The van der Waals surface area contributed by atoms with Crippen molar-refractivity contribution < 1.29 is 22.3 Å². The largest absolute Gasteiger partial charge is 0.497 e. The Morgan fingerprint density at radius 1 is 0.900 bits per heavy atom. The van der Waals surface area contributed by atoms with Gasteiger partial charge in [0, 0.05) is 23.3 Å². The summed E-state index contributed by atoms with van der Waals surface area (Å²) in [7, 11) is 1.24. The molecule has 0 aliphatic rings. The monoisotopic (exact) mass is 285 g/mol. The van der Waals surface area contributed by atoms with Gasteiger partial charge in [-0.2, -0.15) is 0 Å². The molecule has 6 heteroatoms. The van der Waals surface area contributed by atoms with Crippen molar-refractivity contribution in [1.29, 1.82) is 0 Å². The normalized spacial score (nSPS) is 12.3. The molecule has 0 heterocycles. The van der Waals surface area contributed by atoms with Gasteiger partial charge in [0.25, 0.3) is 0 Å². The van der Waals surface area contributed by atoms with Gasteiger partial charge in [0.15, 0.2) is 0 Å². The molecule has 0 bridgehead atoms. The summed E-state index contributed by atoms with van der Waals surface area (Å²) in [6, 6.07) is 3.28. The van der Waals surface area contributed by atoms with Gasteiger partial charge in [0.2, 0.25) is 0 Å². The smallest absolute Gasteiger partial charge is 0.134 e. The van der Waals surface area contributed by atoms with Crippen LogP contribution in [-0.4, -0.2) is 7.11 Å². The molecule has 20 heavy (non-hydrogen) atoms. The highest BCUT2D eigenvalue weighted by atomic mass is 19.1. The van der Waals surface area contributed by atoms with Gasteiger partial charge < -0.3 is 10.5 Å². The van der Waals surface area contributed by atoms with Crippen molar-refractivity contribution in [3.05, 3.63) is 64.7 Å². The summed E-state index contributed by atoms with van der Waals surface area (Å²) < 4.78 is 59.6. The summed E-state index contributed by atoms with van der Waals surface area (Å²) in [5, 5.41) is 0. The highest BCUT2D eigenvalue weighted by molar-refractivity contribution is 5.38. The molecule has 2 N–H and O–H groups in total. The number of ether oxygens (including phenoxy) is 1. The molecule has 2 rings (SSSR count). The molecule has 1 atom stereocenters. The molecule has 2 nitrogen and oxygen atoms in total. The second-order valence-corrected chi connectivity index (χ2v) is 4.12. The third-order valence-corrected chi connectivity index (χ3v) is 2.91. The summed E-state index contributed by atoms with van der Waals surface area (Å²) in [4.78, 5) is 0. The van der Waals surface area contributed by atoms with Crippen LogP contribution in [0, 0.1) is 23.3 Å². The predicted octanol–water partition coefficient (Wildman–Crippen LogP) is 3.30. The molecule has 106 valence electrons. The maximum absolute atomic E-state index is 13.9. The first-order chi connectivity index (χ1) is 9.45. The standard InChI is InChI=1S/C14H11F4NO/c1-20-7-5-10(17)13(11(18)6-7)14(19)12-8(15)3-2-4-9(12)16/h2-6,14H,19H2,1H3. The van der Waals surface area contributed by atoms with Crippen LogP contribution in [0.2, 0.25) is 0 Å². The SMILES string of the molecule is COc1cc(F)c(C(N)c2c(F)cccc2F)c(F)c1. The zero-order valence-electron chi connectivity index (χ0n) is 10.5. The molecule has 0 radical (unpaired) electrons. The second kappa shape index (κ2) is 5.50. The highest BCUT2D eigenvalue weighted by Gasteiger charge is 2.24. The van der Waals surface area contributed by atoms with Crippen molar-refractivity contribution in [1.82, 2.24) is 0 Å². The minimum absolute atomic E-state index is 0.0510. The molecule has 1 unspecified atom stereocenters. The van der Waals surface area contributed by atoms with Crippen LogP contribution in [0.15, 0.2) is 30.3 Å². The van der Waals surface area contributed by atoms with Crippen molar-refractivity contribution in [2.45, 2.75) is 6.04 Å². The van der Waals surface area contributed by atoms with Gasteiger partial charge in [0.05, 0.1) is 13.2 Å². The first-order valence-electron chi connectivity index (χ1n) is 5.68. The number of methoxy groups -OCH3 is 1. The molecular weight excluding hydrogens is 274 g/mol. The van der Waals surface area contributed by atoms with E-state index in [0.717, 1.165) is 30.3 Å². The van der Waals surface area contributed by atoms with E-state index >= 15 is 0 Å². The summed E-state index contributed by atoms with van der Waals surface area (Å²) in [6.45, 7) is 0. The van der Waals surface area contributed by atoms with E-state index in [9.17, 15) is 17.6 Å². The average molecular weight is 285 g/mol. The Morgan fingerprint density at radius 3 is 1.80 bits per heavy atom. The average Bonchev–Trinajstić information content (AvgIpc) is 2.37. The van der Waals surface area contributed by atoms with Crippen LogP contribution >= 0.6 is 0 Å². The van der Waals surface area contributed by atoms with Crippen molar-refractivity contribution in [3.63, 3.8) is 0 Å². The molecule has 0 spiro atoms.